The third kappa shape index (κ3) is 42.2. The van der Waals surface area contributed by atoms with Crippen LogP contribution in [0.2, 0.25) is 0 Å². The van der Waals surface area contributed by atoms with E-state index in [-0.39, 0.29) is 81.3 Å². The minimum atomic E-state index is -5.16. The van der Waals surface area contributed by atoms with Crippen molar-refractivity contribution in [3.05, 3.63) is 89.5 Å². The largest absolute Gasteiger partial charge is 0.481 e. The first-order valence-corrected chi connectivity index (χ1v) is 42.8. The molecule has 33 N–H and O–H groups in total. The molecule has 3 rings (SSSR count). The minimum absolute atomic E-state index is 0.00164. The van der Waals surface area contributed by atoms with Gasteiger partial charge in [0.25, 0.3) is 0 Å². The molecule has 0 saturated heterocycles. The van der Waals surface area contributed by atoms with Crippen LogP contribution in [-0.2, 0) is 122 Å². The molecule has 12 amide bonds. The number of benzene rings is 3. The van der Waals surface area contributed by atoms with Gasteiger partial charge in [0, 0.05) is 38.8 Å². The van der Waals surface area contributed by atoms with Gasteiger partial charge in [0.05, 0.1) is 25.0 Å². The fourth-order valence-corrected chi connectivity index (χ4v) is 12.7. The molecule has 127 heavy (non-hydrogen) atoms. The summed E-state index contributed by atoms with van der Waals surface area (Å²) in [5, 5.41) is 96.3. The average molecular weight is 1860 g/mol. The van der Waals surface area contributed by atoms with Gasteiger partial charge in [-0.1, -0.05) is 56.7 Å². The van der Waals surface area contributed by atoms with Crippen molar-refractivity contribution in [3.8, 4) is 17.2 Å². The number of rotatable bonds is 58. The molecule has 0 aliphatic rings. The van der Waals surface area contributed by atoms with Crippen LogP contribution in [0.15, 0.2) is 72.8 Å². The van der Waals surface area contributed by atoms with Crippen molar-refractivity contribution in [2.75, 3.05) is 19.6 Å². The van der Waals surface area contributed by atoms with Crippen molar-refractivity contribution in [1.82, 2.24) is 69.1 Å². The van der Waals surface area contributed by atoms with E-state index in [2.05, 4.69) is 76.4 Å². The quantitative estimate of drug-likeness (QED) is 0.0108. The number of hydrogen-bond acceptors (Lipinski definition) is 30. The van der Waals surface area contributed by atoms with Crippen LogP contribution in [0.1, 0.15) is 121 Å². The molecule has 0 radical (unpaired) electrons. The number of amides is 12. The van der Waals surface area contributed by atoms with Gasteiger partial charge in [-0.15, -0.1) is 0 Å². The highest BCUT2D eigenvalue weighted by atomic mass is 32.3. The molecule has 0 aliphatic heterocycles. The number of aliphatic hydroxyl groups excluding tert-OH is 2. The molecule has 0 heterocycles. The van der Waals surface area contributed by atoms with Crippen LogP contribution < -0.4 is 110 Å². The highest BCUT2D eigenvalue weighted by molar-refractivity contribution is 7.81. The highest BCUT2D eigenvalue weighted by Gasteiger charge is 2.40. The Kier molecular flexibility index (Phi) is 44.6. The SMILES string of the molecule is CC[C@H](C)[C@H](NC(=O)[C@H](CC(=O)O)NC(=O)[C@H](CCCNC(=N)N)NC(=O)[C@@H](N)[C@@H](C)O)C(=O)N[C@@H](Cc1ccc(OS(=O)(=O)O)cc1)C(=O)N[C@@H](CCC(=O)O)C(=O)N[C@H](C(=O)N[C@@H](CC(=O)O)C(=O)N[C@@H](Cc1ccc(OS(=O)(=O)O)cc1)C(=O)N[C@@H](Cc1ccc(OS(=O)(=O)O)cc1)C(=O)N[C@@H](CCCNC(=N)N)C(=O)N[C@@H](CCCCN)C(N)=O)[C@@H](C)O. The first-order valence-electron chi connectivity index (χ1n) is 38.7. The Bertz CT molecular complexity index is 4710. The molecule has 3 aromatic carbocycles. The molecule has 706 valence electrons. The van der Waals surface area contributed by atoms with E-state index in [1.807, 2.05) is 5.32 Å². The van der Waals surface area contributed by atoms with Crippen LogP contribution in [0.4, 0.5) is 0 Å². The van der Waals surface area contributed by atoms with E-state index in [9.17, 15) is 132 Å². The predicted octanol–water partition coefficient (Wildman–Crippen LogP) is -8.32. The minimum Gasteiger partial charge on any atom is -0.481 e. The van der Waals surface area contributed by atoms with Gasteiger partial charge in [-0.2, -0.15) is 25.3 Å². The predicted molar refractivity (Wildman–Crippen MR) is 441 cm³/mol. The number of aliphatic carboxylic acids is 3. The molecule has 0 unspecified atom stereocenters. The summed E-state index contributed by atoms with van der Waals surface area (Å²) < 4.78 is 111. The normalized spacial score (nSPS) is 15.0. The van der Waals surface area contributed by atoms with Crippen LogP contribution in [0, 0.1) is 16.7 Å². The number of primary amides is 1. The summed E-state index contributed by atoms with van der Waals surface area (Å²) in [6.07, 6.45) is -10.2. The number of carboxylic acid groups (broad SMARTS) is 3. The Morgan fingerprint density at radius 1 is 0.378 bits per heavy atom. The number of aliphatic hydroxyl groups is 2. The lowest BCUT2D eigenvalue weighted by atomic mass is 9.96. The van der Waals surface area contributed by atoms with Crippen molar-refractivity contribution in [2.45, 2.75) is 209 Å². The summed E-state index contributed by atoms with van der Waals surface area (Å²) in [7, 11) is -15.4. The summed E-state index contributed by atoms with van der Waals surface area (Å²) in [6.45, 7) is 5.00. The topological polar surface area (TPSA) is 882 Å². The number of carbonyl (C=O) groups excluding carboxylic acids is 12. The smallest absolute Gasteiger partial charge is 0.446 e. The number of nitrogens with two attached hydrogens (primary N) is 5. The molecule has 0 saturated carbocycles. The molecule has 0 fully saturated rings. The fraction of sp³-hybridized carbons (Fsp3) is 0.514. The number of nitrogens with one attached hydrogen (secondary N) is 15. The van der Waals surface area contributed by atoms with Crippen LogP contribution in [-0.4, -0.2) is 270 Å². The summed E-state index contributed by atoms with van der Waals surface area (Å²) in [5.41, 5.74) is 27.8. The van der Waals surface area contributed by atoms with Gasteiger partial charge < -0.3 is 136 Å². The fourth-order valence-electron chi connectivity index (χ4n) is 11.7. The van der Waals surface area contributed by atoms with Crippen molar-refractivity contribution in [3.63, 3.8) is 0 Å². The van der Waals surface area contributed by atoms with Crippen LogP contribution in [0.5, 0.6) is 17.2 Å². The van der Waals surface area contributed by atoms with Crippen molar-refractivity contribution < 1.29 is 149 Å². The van der Waals surface area contributed by atoms with Gasteiger partial charge in [-0.25, -0.2) is 0 Å². The molecule has 0 aromatic heterocycles. The van der Waals surface area contributed by atoms with Crippen LogP contribution in [0.25, 0.3) is 0 Å². The zero-order valence-corrected chi connectivity index (χ0v) is 71.3. The zero-order valence-electron chi connectivity index (χ0n) is 68.8. The molecule has 55 heteroatoms. The lowest BCUT2D eigenvalue weighted by molar-refractivity contribution is -0.142. The van der Waals surface area contributed by atoms with E-state index >= 15 is 4.79 Å². The van der Waals surface area contributed by atoms with E-state index in [4.69, 9.17) is 39.5 Å². The number of hydrogen-bond donors (Lipinski definition) is 28. The molecule has 0 aliphatic carbocycles. The van der Waals surface area contributed by atoms with Crippen molar-refractivity contribution in [1.29, 1.82) is 10.8 Å². The third-order valence-corrected chi connectivity index (χ3v) is 19.6. The summed E-state index contributed by atoms with van der Waals surface area (Å²) in [4.78, 5) is 208. The molecule has 0 bridgehead atoms. The molecular weight excluding hydrogens is 1750 g/mol. The first kappa shape index (κ1) is 108. The number of carboxylic acids is 3. The zero-order chi connectivity index (χ0) is 96.0. The van der Waals surface area contributed by atoms with E-state index in [1.165, 1.54) is 13.8 Å². The molecule has 52 nitrogen and oxygen atoms in total. The van der Waals surface area contributed by atoms with Crippen molar-refractivity contribution >= 4 is 132 Å². The first-order chi connectivity index (χ1) is 59.2. The van der Waals surface area contributed by atoms with E-state index in [1.54, 1.807) is 0 Å². The number of carbonyl (C=O) groups is 15. The molecule has 3 aromatic rings. The number of guanidine groups is 2. The van der Waals surface area contributed by atoms with E-state index in [0.29, 0.717) is 6.42 Å². The third-order valence-electron chi connectivity index (χ3n) is 18.4. The Balaban J connectivity index is 2.21. The van der Waals surface area contributed by atoms with E-state index in [0.717, 1.165) is 86.6 Å². The highest BCUT2D eigenvalue weighted by Crippen LogP contribution is 2.21. The van der Waals surface area contributed by atoms with E-state index < -0.39 is 285 Å². The molecule has 15 atom stereocenters. The van der Waals surface area contributed by atoms with Gasteiger partial charge in [-0.3, -0.25) is 96.4 Å². The second kappa shape index (κ2) is 52.2. The molecule has 0 spiro atoms. The Morgan fingerprint density at radius 2 is 0.669 bits per heavy atom. The summed E-state index contributed by atoms with van der Waals surface area (Å²) in [6, 6.07) is -10.6. The van der Waals surface area contributed by atoms with Gasteiger partial charge in [-0.05, 0) is 131 Å². The summed E-state index contributed by atoms with van der Waals surface area (Å²) >= 11 is 0. The lowest BCUT2D eigenvalue weighted by Crippen LogP contribution is -2.63. The summed E-state index contributed by atoms with van der Waals surface area (Å²) in [5.74, 6) is -24.4. The Morgan fingerprint density at radius 3 is 1.00 bits per heavy atom. The van der Waals surface area contributed by atoms with Gasteiger partial charge in [0.15, 0.2) is 11.9 Å². The van der Waals surface area contributed by atoms with Crippen molar-refractivity contribution in [2.24, 2.45) is 34.6 Å². The van der Waals surface area contributed by atoms with Crippen LogP contribution >= 0.6 is 0 Å². The average Bonchev–Trinajstić information content (AvgIpc) is 0.838. The standard InChI is InChI=1S/C72H108N20O32S3/c1-5-35(2)57(91-67(109)52(34-55(99)100)88-61(103)46(12-9-29-81-72(78)79)85-68(110)56(74)36(3)93)69(111)89-50(32-40-17-23-43(24-18-40)124-127(119,120)121)64(106)84-47(25-26-53(95)96)62(104)92-58(37(4)94)70(112)90-51(33-54(97)98)66(108)87-49(31-39-15-21-42(22-16-39)123-126(116,117)118)65(107)86-48(30-38-13-19-41(20-14-38)122-125(113,114)115)63(105)83-45(11-8-28-80-71(76)77)60(102)82-44(59(75)101)10-6-7-27-73/h13-24,35-37,44-52,56-58,93-94H,5-12,25-34,73-74H2,1-4H3,(H2,75,101)(H,82,102)(H,83,105)(H,84,106)(H,85,110)(H,86,107)(H,87,108)(H,88,103)(H,89,111)(H,90,112)(H,91,109)(H,92,104)(H,95,96)(H,97,98)(H,99,100)(H4,76,77,80)(H4,78,79,81)(H,113,114,115)(H,116,117,118)(H,119,120,121)/t35-,36+,37+,44-,45-,46-,47-,48-,49-,50-,51-,52-,56-,57-,58-/m0/s1. The molecular formula is C72H108N20O32S3. The van der Waals surface area contributed by atoms with Gasteiger partial charge in [0.1, 0.15) is 89.8 Å². The monoisotopic (exact) mass is 1860 g/mol. The van der Waals surface area contributed by atoms with Gasteiger partial charge in [0.2, 0.25) is 70.9 Å². The maximum absolute atomic E-state index is 15.0. The Labute approximate surface area is 727 Å². The number of unbranched alkanes of at least 4 members (excludes halogenated alkanes) is 1. The van der Waals surface area contributed by atoms with Gasteiger partial charge >= 0.3 is 49.1 Å². The second-order valence-corrected chi connectivity index (χ2v) is 31.8. The Hall–Kier alpha value is -12.8. The lowest BCUT2D eigenvalue weighted by Gasteiger charge is -2.30. The maximum atomic E-state index is 15.0. The van der Waals surface area contributed by atoms with Crippen LogP contribution in [0.3, 0.4) is 0 Å². The maximum Gasteiger partial charge on any atom is 0.446 e. The second-order valence-electron chi connectivity index (χ2n) is 28.8.